The summed E-state index contributed by atoms with van der Waals surface area (Å²) in [6.07, 6.45) is 0.0825. The first kappa shape index (κ1) is 21.0. The van der Waals surface area contributed by atoms with Gasteiger partial charge in [0.1, 0.15) is 5.75 Å². The summed E-state index contributed by atoms with van der Waals surface area (Å²) in [6.45, 7) is 3.49. The van der Waals surface area contributed by atoms with E-state index in [0.29, 0.717) is 22.7 Å². The molecule has 2 aromatic rings. The Balaban J connectivity index is 2.10. The molecule has 0 heterocycles. The van der Waals surface area contributed by atoms with Crippen molar-refractivity contribution in [3.05, 3.63) is 53.6 Å². The van der Waals surface area contributed by atoms with E-state index >= 15 is 0 Å². The molecule has 0 atom stereocenters. The summed E-state index contributed by atoms with van der Waals surface area (Å²) in [7, 11) is 2.83. The summed E-state index contributed by atoms with van der Waals surface area (Å²) in [5, 5.41) is 2.81. The van der Waals surface area contributed by atoms with E-state index in [1.54, 1.807) is 30.3 Å². The number of esters is 1. The van der Waals surface area contributed by atoms with Crippen molar-refractivity contribution in [2.24, 2.45) is 0 Å². The van der Waals surface area contributed by atoms with E-state index < -0.39 is 5.97 Å². The molecule has 7 nitrogen and oxygen atoms in total. The molecule has 0 radical (unpaired) electrons. The Labute approximate surface area is 164 Å². The molecule has 0 aliphatic rings. The first-order valence-electron chi connectivity index (χ1n) is 8.76. The maximum Gasteiger partial charge on any atom is 0.337 e. The molecule has 0 aliphatic heterocycles. The van der Waals surface area contributed by atoms with Crippen LogP contribution >= 0.6 is 0 Å². The zero-order valence-electron chi connectivity index (χ0n) is 16.4. The van der Waals surface area contributed by atoms with Crippen molar-refractivity contribution in [2.75, 3.05) is 31.0 Å². The van der Waals surface area contributed by atoms with E-state index in [-0.39, 0.29) is 24.8 Å². The van der Waals surface area contributed by atoms with Gasteiger partial charge >= 0.3 is 5.97 Å². The molecule has 0 unspecified atom stereocenters. The fraction of sp³-hybridized carbons (Fsp3) is 0.286. The van der Waals surface area contributed by atoms with Gasteiger partial charge in [0.25, 0.3) is 0 Å². The van der Waals surface area contributed by atoms with Gasteiger partial charge in [-0.2, -0.15) is 0 Å². The van der Waals surface area contributed by atoms with Gasteiger partial charge in [0.15, 0.2) is 0 Å². The van der Waals surface area contributed by atoms with Crippen molar-refractivity contribution < 1.29 is 23.9 Å². The summed E-state index contributed by atoms with van der Waals surface area (Å²) in [5.74, 6) is -0.412. The highest BCUT2D eigenvalue weighted by Gasteiger charge is 2.16. The highest BCUT2D eigenvalue weighted by Crippen LogP contribution is 2.25. The topological polar surface area (TPSA) is 84.9 Å². The van der Waals surface area contributed by atoms with E-state index in [4.69, 9.17) is 9.47 Å². The van der Waals surface area contributed by atoms with Crippen molar-refractivity contribution in [1.29, 1.82) is 0 Å². The van der Waals surface area contributed by atoms with Crippen LogP contribution in [-0.2, 0) is 14.3 Å². The normalized spacial score (nSPS) is 10.1. The molecule has 0 fully saturated rings. The first-order valence-corrected chi connectivity index (χ1v) is 8.76. The lowest BCUT2D eigenvalue weighted by atomic mass is 10.1. The molecular formula is C21H24N2O5. The lowest BCUT2D eigenvalue weighted by Gasteiger charge is -2.21. The lowest BCUT2D eigenvalue weighted by Crippen LogP contribution is -2.32. The van der Waals surface area contributed by atoms with Crippen LogP contribution in [0.25, 0.3) is 0 Å². The fourth-order valence-electron chi connectivity index (χ4n) is 2.73. The highest BCUT2D eigenvalue weighted by atomic mass is 16.5. The molecule has 28 heavy (non-hydrogen) atoms. The van der Waals surface area contributed by atoms with Crippen LogP contribution in [0.5, 0.6) is 5.75 Å². The number of amides is 2. The average Bonchev–Trinajstić information content (AvgIpc) is 2.67. The average molecular weight is 384 g/mol. The predicted octanol–water partition coefficient (Wildman–Crippen LogP) is 3.17. The van der Waals surface area contributed by atoms with Gasteiger partial charge in [-0.25, -0.2) is 4.79 Å². The van der Waals surface area contributed by atoms with Gasteiger partial charge in [-0.05, 0) is 42.8 Å². The number of nitrogens with one attached hydrogen (secondary N) is 1. The largest absolute Gasteiger partial charge is 0.495 e. The third-order valence-electron chi connectivity index (χ3n) is 4.15. The summed E-state index contributed by atoms with van der Waals surface area (Å²) in [6, 6.07) is 12.0. The summed E-state index contributed by atoms with van der Waals surface area (Å²) >= 11 is 0. The molecule has 0 bridgehead atoms. The van der Waals surface area contributed by atoms with E-state index in [0.717, 1.165) is 5.56 Å². The minimum absolute atomic E-state index is 0.0825. The number of carbonyl (C=O) groups excluding carboxylic acids is 3. The maximum absolute atomic E-state index is 12.4. The van der Waals surface area contributed by atoms with Gasteiger partial charge in [0.2, 0.25) is 11.8 Å². The van der Waals surface area contributed by atoms with Crippen LogP contribution < -0.4 is 15.0 Å². The van der Waals surface area contributed by atoms with Crippen LogP contribution in [0.4, 0.5) is 11.4 Å². The Morgan fingerprint density at radius 1 is 1.07 bits per heavy atom. The molecular weight excluding hydrogens is 360 g/mol. The van der Waals surface area contributed by atoms with Crippen molar-refractivity contribution >= 4 is 29.2 Å². The highest BCUT2D eigenvalue weighted by molar-refractivity contribution is 5.97. The number of ether oxygens (including phenoxy) is 2. The third kappa shape index (κ3) is 5.33. The quantitative estimate of drug-likeness (QED) is 0.741. The second-order valence-corrected chi connectivity index (χ2v) is 6.21. The number of benzene rings is 2. The molecule has 2 rings (SSSR count). The molecule has 2 amide bonds. The third-order valence-corrected chi connectivity index (χ3v) is 4.15. The molecule has 1 N–H and O–H groups in total. The predicted molar refractivity (Wildman–Crippen MR) is 107 cm³/mol. The van der Waals surface area contributed by atoms with Crippen LogP contribution in [0.15, 0.2) is 42.5 Å². The molecule has 0 aliphatic carbocycles. The number of nitrogens with zero attached hydrogens (tertiary/aromatic N) is 1. The Morgan fingerprint density at radius 3 is 2.46 bits per heavy atom. The zero-order valence-corrected chi connectivity index (χ0v) is 16.4. The van der Waals surface area contributed by atoms with Gasteiger partial charge in [-0.1, -0.05) is 12.1 Å². The van der Waals surface area contributed by atoms with Gasteiger partial charge in [0, 0.05) is 25.6 Å². The molecule has 0 saturated carbocycles. The monoisotopic (exact) mass is 384 g/mol. The number of anilines is 2. The second-order valence-electron chi connectivity index (χ2n) is 6.21. The number of aryl methyl sites for hydroxylation is 1. The summed E-state index contributed by atoms with van der Waals surface area (Å²) < 4.78 is 9.97. The Hall–Kier alpha value is -3.35. The van der Waals surface area contributed by atoms with E-state index in [1.165, 1.54) is 26.0 Å². The van der Waals surface area contributed by atoms with Crippen molar-refractivity contribution in [3.63, 3.8) is 0 Å². The maximum atomic E-state index is 12.4. The van der Waals surface area contributed by atoms with Crippen molar-refractivity contribution in [3.8, 4) is 5.75 Å². The van der Waals surface area contributed by atoms with E-state index in [9.17, 15) is 14.4 Å². The Kier molecular flexibility index (Phi) is 7.14. The van der Waals surface area contributed by atoms with Crippen molar-refractivity contribution in [2.45, 2.75) is 20.3 Å². The van der Waals surface area contributed by atoms with Gasteiger partial charge in [-0.3, -0.25) is 9.59 Å². The SMILES string of the molecule is COC(=O)c1cccc(N(CCC(=O)Nc2cc(C)ccc2OC)C(C)=O)c1. The molecule has 7 heteroatoms. The molecule has 0 saturated heterocycles. The number of hydrogen-bond donors (Lipinski definition) is 1. The smallest absolute Gasteiger partial charge is 0.337 e. The second kappa shape index (κ2) is 9.55. The number of rotatable bonds is 7. The van der Waals surface area contributed by atoms with Gasteiger partial charge < -0.3 is 19.7 Å². The molecule has 0 spiro atoms. The lowest BCUT2D eigenvalue weighted by molar-refractivity contribution is -0.117. The Bertz CT molecular complexity index is 879. The molecule has 148 valence electrons. The van der Waals surface area contributed by atoms with E-state index in [2.05, 4.69) is 5.32 Å². The summed E-state index contributed by atoms with van der Waals surface area (Å²) in [5.41, 5.74) is 2.42. The number of methoxy groups -OCH3 is 2. The van der Waals surface area contributed by atoms with Crippen LogP contribution in [0, 0.1) is 6.92 Å². The van der Waals surface area contributed by atoms with Crippen molar-refractivity contribution in [1.82, 2.24) is 0 Å². The van der Waals surface area contributed by atoms with Gasteiger partial charge in [0.05, 0.1) is 25.5 Å². The van der Waals surface area contributed by atoms with Crippen LogP contribution in [-0.4, -0.2) is 38.5 Å². The molecule has 0 aromatic heterocycles. The Morgan fingerprint density at radius 2 is 1.82 bits per heavy atom. The van der Waals surface area contributed by atoms with E-state index in [1.807, 2.05) is 19.1 Å². The fourth-order valence-corrected chi connectivity index (χ4v) is 2.73. The first-order chi connectivity index (χ1) is 13.3. The van der Waals surface area contributed by atoms with Crippen LogP contribution in [0.3, 0.4) is 0 Å². The van der Waals surface area contributed by atoms with Gasteiger partial charge in [-0.15, -0.1) is 0 Å². The number of carbonyl (C=O) groups is 3. The standard InChI is InChI=1S/C21H24N2O5/c1-14-8-9-19(27-3)18(12-14)22-20(25)10-11-23(15(2)24)17-7-5-6-16(13-17)21(26)28-4/h5-9,12-13H,10-11H2,1-4H3,(H,22,25). The van der Waals surface area contributed by atoms with Crippen LogP contribution in [0.2, 0.25) is 0 Å². The summed E-state index contributed by atoms with van der Waals surface area (Å²) in [4.78, 5) is 37.6. The zero-order chi connectivity index (χ0) is 20.7. The minimum atomic E-state index is -0.491. The number of hydrogen-bond acceptors (Lipinski definition) is 5. The molecule has 2 aromatic carbocycles. The minimum Gasteiger partial charge on any atom is -0.495 e. The van der Waals surface area contributed by atoms with Crippen LogP contribution in [0.1, 0.15) is 29.3 Å².